The van der Waals surface area contributed by atoms with Crippen molar-refractivity contribution in [2.75, 3.05) is 6.54 Å². The molecule has 3 nitrogen and oxygen atoms in total. The Morgan fingerprint density at radius 1 is 1.70 bits per heavy atom. The lowest BCUT2D eigenvalue weighted by Crippen LogP contribution is -2.38. The number of carbonyl (C=O) groups excluding carboxylic acids is 1. The van der Waals surface area contributed by atoms with Gasteiger partial charge in [0.05, 0.1) is 6.04 Å². The Bertz CT molecular complexity index is 186. The molecule has 10 heavy (non-hydrogen) atoms. The van der Waals surface area contributed by atoms with Crippen molar-refractivity contribution in [2.45, 2.75) is 18.9 Å². The number of fused-ring (bicyclic) bond motifs is 1. The minimum Gasteiger partial charge on any atom is -0.388 e. The number of rotatable bonds is 0. The van der Waals surface area contributed by atoms with E-state index in [9.17, 15) is 4.79 Å². The molecule has 2 rings (SSSR count). The van der Waals surface area contributed by atoms with Gasteiger partial charge in [-0.05, 0) is 6.42 Å². The molecular formula is C7H10N2O. The van der Waals surface area contributed by atoms with Crippen molar-refractivity contribution >= 4 is 5.91 Å². The standard InChI is InChI=1S/C7H10N2O/c10-7-2-1-6-5-8-3-4-9(6)7/h3-4,6,8H,1-2,5H2/t6-/m0/s1. The number of nitrogens with one attached hydrogen (secondary N) is 1. The average Bonchev–Trinajstić information content (AvgIpc) is 2.34. The molecule has 0 aromatic carbocycles. The Hall–Kier alpha value is -0.990. The Labute approximate surface area is 59.7 Å². The van der Waals surface area contributed by atoms with Gasteiger partial charge in [-0.2, -0.15) is 0 Å². The molecule has 0 aliphatic carbocycles. The summed E-state index contributed by atoms with van der Waals surface area (Å²) >= 11 is 0. The van der Waals surface area contributed by atoms with Crippen LogP contribution in [0, 0.1) is 0 Å². The molecule has 0 radical (unpaired) electrons. The maximum atomic E-state index is 11.1. The molecule has 1 N–H and O–H groups in total. The van der Waals surface area contributed by atoms with Crippen molar-refractivity contribution in [1.82, 2.24) is 10.2 Å². The van der Waals surface area contributed by atoms with Crippen LogP contribution in [0.15, 0.2) is 12.4 Å². The third kappa shape index (κ3) is 0.701. The molecule has 0 bridgehead atoms. The Morgan fingerprint density at radius 3 is 3.40 bits per heavy atom. The fourth-order valence-electron chi connectivity index (χ4n) is 1.50. The van der Waals surface area contributed by atoms with Crippen molar-refractivity contribution in [3.8, 4) is 0 Å². The lowest BCUT2D eigenvalue weighted by Gasteiger charge is -2.24. The Balaban J connectivity index is 2.21. The van der Waals surface area contributed by atoms with E-state index >= 15 is 0 Å². The van der Waals surface area contributed by atoms with E-state index in [4.69, 9.17) is 0 Å². The zero-order chi connectivity index (χ0) is 6.97. The molecule has 54 valence electrons. The average molecular weight is 138 g/mol. The first-order valence-corrected chi connectivity index (χ1v) is 3.59. The molecule has 2 aliphatic heterocycles. The van der Waals surface area contributed by atoms with Gasteiger partial charge in [0.2, 0.25) is 5.91 Å². The van der Waals surface area contributed by atoms with Crippen LogP contribution >= 0.6 is 0 Å². The molecule has 0 saturated carbocycles. The first kappa shape index (κ1) is 5.77. The fourth-order valence-corrected chi connectivity index (χ4v) is 1.50. The van der Waals surface area contributed by atoms with E-state index in [1.807, 2.05) is 17.3 Å². The summed E-state index contributed by atoms with van der Waals surface area (Å²) in [6, 6.07) is 0.428. The fraction of sp³-hybridized carbons (Fsp3) is 0.571. The third-order valence-corrected chi connectivity index (χ3v) is 2.08. The second-order valence-electron chi connectivity index (χ2n) is 2.72. The van der Waals surface area contributed by atoms with Gasteiger partial charge in [-0.15, -0.1) is 0 Å². The van der Waals surface area contributed by atoms with Crippen molar-refractivity contribution in [1.29, 1.82) is 0 Å². The van der Waals surface area contributed by atoms with Crippen LogP contribution < -0.4 is 5.32 Å². The third-order valence-electron chi connectivity index (χ3n) is 2.08. The van der Waals surface area contributed by atoms with Gasteiger partial charge in [0.25, 0.3) is 0 Å². The van der Waals surface area contributed by atoms with Crippen LogP contribution in [0.4, 0.5) is 0 Å². The predicted octanol–water partition coefficient (Wildman–Crippen LogP) is 0.0518. The van der Waals surface area contributed by atoms with E-state index in [1.165, 1.54) is 0 Å². The summed E-state index contributed by atoms with van der Waals surface area (Å²) in [6.07, 6.45) is 5.40. The minimum absolute atomic E-state index is 0.266. The molecular weight excluding hydrogens is 128 g/mol. The maximum absolute atomic E-state index is 11.1. The highest BCUT2D eigenvalue weighted by Gasteiger charge is 2.30. The molecule has 2 aliphatic rings. The highest BCUT2D eigenvalue weighted by molar-refractivity contribution is 5.80. The lowest BCUT2D eigenvalue weighted by molar-refractivity contribution is -0.126. The first-order valence-electron chi connectivity index (χ1n) is 3.59. The molecule has 0 spiro atoms. The van der Waals surface area contributed by atoms with Gasteiger partial charge in [-0.25, -0.2) is 0 Å². The normalized spacial score (nSPS) is 30.2. The summed E-state index contributed by atoms with van der Waals surface area (Å²) < 4.78 is 0. The lowest BCUT2D eigenvalue weighted by atomic mass is 10.2. The van der Waals surface area contributed by atoms with Crippen LogP contribution in [0.5, 0.6) is 0 Å². The second kappa shape index (κ2) is 2.01. The van der Waals surface area contributed by atoms with Gasteiger partial charge in [0.1, 0.15) is 0 Å². The highest BCUT2D eigenvalue weighted by Crippen LogP contribution is 2.19. The second-order valence-corrected chi connectivity index (χ2v) is 2.72. The topological polar surface area (TPSA) is 32.3 Å². The molecule has 1 saturated heterocycles. The summed E-state index contributed by atoms with van der Waals surface area (Å²) in [5, 5.41) is 3.10. The van der Waals surface area contributed by atoms with Crippen molar-refractivity contribution in [3.05, 3.63) is 12.4 Å². The van der Waals surface area contributed by atoms with Crippen molar-refractivity contribution < 1.29 is 4.79 Å². The SMILES string of the molecule is O=C1CC[C@H]2CNC=CN12. The van der Waals surface area contributed by atoms with Gasteiger partial charge in [0, 0.05) is 25.4 Å². The summed E-state index contributed by atoms with van der Waals surface area (Å²) in [4.78, 5) is 12.9. The van der Waals surface area contributed by atoms with Crippen molar-refractivity contribution in [2.24, 2.45) is 0 Å². The summed E-state index contributed by atoms with van der Waals surface area (Å²) in [7, 11) is 0. The van der Waals surface area contributed by atoms with Gasteiger partial charge >= 0.3 is 0 Å². The molecule has 0 aromatic rings. The number of carbonyl (C=O) groups is 1. The van der Waals surface area contributed by atoms with Gasteiger partial charge in [0.15, 0.2) is 0 Å². The molecule has 1 atom stereocenters. The van der Waals surface area contributed by atoms with Crippen LogP contribution in [-0.4, -0.2) is 23.4 Å². The van der Waals surface area contributed by atoms with Crippen LogP contribution in [-0.2, 0) is 4.79 Å². The number of amides is 1. The number of hydrogen-bond acceptors (Lipinski definition) is 2. The van der Waals surface area contributed by atoms with E-state index in [0.717, 1.165) is 19.4 Å². The van der Waals surface area contributed by atoms with E-state index in [1.54, 1.807) is 0 Å². The van der Waals surface area contributed by atoms with Gasteiger partial charge < -0.3 is 10.2 Å². The first-order chi connectivity index (χ1) is 4.88. The van der Waals surface area contributed by atoms with Crippen LogP contribution in [0.25, 0.3) is 0 Å². The summed E-state index contributed by atoms with van der Waals surface area (Å²) in [5.74, 6) is 0.266. The van der Waals surface area contributed by atoms with Crippen LogP contribution in [0.3, 0.4) is 0 Å². The zero-order valence-electron chi connectivity index (χ0n) is 5.71. The summed E-state index contributed by atoms with van der Waals surface area (Å²) in [6.45, 7) is 0.919. The molecule has 3 heteroatoms. The highest BCUT2D eigenvalue weighted by atomic mass is 16.2. The molecule has 0 unspecified atom stereocenters. The largest absolute Gasteiger partial charge is 0.388 e. The quantitative estimate of drug-likeness (QED) is 0.513. The minimum atomic E-state index is 0.266. The van der Waals surface area contributed by atoms with Gasteiger partial charge in [-0.3, -0.25) is 4.79 Å². The predicted molar refractivity (Wildman–Crippen MR) is 37.0 cm³/mol. The van der Waals surface area contributed by atoms with E-state index in [2.05, 4.69) is 5.32 Å². The van der Waals surface area contributed by atoms with E-state index in [-0.39, 0.29) is 5.91 Å². The molecule has 2 heterocycles. The molecule has 0 aromatic heterocycles. The van der Waals surface area contributed by atoms with E-state index in [0.29, 0.717) is 6.04 Å². The number of nitrogens with zero attached hydrogens (tertiary/aromatic N) is 1. The van der Waals surface area contributed by atoms with Gasteiger partial charge in [-0.1, -0.05) is 0 Å². The monoisotopic (exact) mass is 138 g/mol. The van der Waals surface area contributed by atoms with E-state index < -0.39 is 0 Å². The Morgan fingerprint density at radius 2 is 2.60 bits per heavy atom. The molecule has 1 fully saturated rings. The van der Waals surface area contributed by atoms with Crippen LogP contribution in [0.2, 0.25) is 0 Å². The summed E-state index contributed by atoms with van der Waals surface area (Å²) in [5.41, 5.74) is 0. The molecule has 1 amide bonds. The zero-order valence-corrected chi connectivity index (χ0v) is 5.71. The Kier molecular flexibility index (Phi) is 1.16. The van der Waals surface area contributed by atoms with Crippen LogP contribution in [0.1, 0.15) is 12.8 Å². The van der Waals surface area contributed by atoms with Crippen molar-refractivity contribution in [3.63, 3.8) is 0 Å². The number of hydrogen-bond donors (Lipinski definition) is 1. The smallest absolute Gasteiger partial charge is 0.226 e. The maximum Gasteiger partial charge on any atom is 0.226 e.